The first-order valence-electron chi connectivity index (χ1n) is 8.79. The van der Waals surface area contributed by atoms with Crippen LogP contribution in [0.25, 0.3) is 0 Å². The van der Waals surface area contributed by atoms with Crippen LogP contribution in [0.2, 0.25) is 10.0 Å². The number of hydrogen-bond donors (Lipinski definition) is 3. The highest BCUT2D eigenvalue weighted by atomic mass is 35.5. The number of nitrogens with one attached hydrogen (secondary N) is 2. The number of rotatable bonds is 5. The number of benzene rings is 1. The molecule has 1 aromatic heterocycles. The van der Waals surface area contributed by atoms with Crippen molar-refractivity contribution in [2.45, 2.75) is 37.9 Å². The number of carboxylic acid groups (broad SMARTS) is 1. The smallest absolute Gasteiger partial charge is 0.421 e. The lowest BCUT2D eigenvalue weighted by molar-refractivity contribution is -0.142. The Hall–Kier alpha value is -2.26. The van der Waals surface area contributed by atoms with E-state index < -0.39 is 23.6 Å². The molecule has 3 rings (SSSR count). The molecule has 0 radical (unpaired) electrons. The molecule has 1 aromatic carbocycles. The van der Waals surface area contributed by atoms with E-state index in [4.69, 9.17) is 28.3 Å². The molecule has 6 nitrogen and oxygen atoms in total. The summed E-state index contributed by atoms with van der Waals surface area (Å²) in [6, 6.07) is 4.33. The third-order valence-corrected chi connectivity index (χ3v) is 5.43. The van der Waals surface area contributed by atoms with E-state index in [0.717, 1.165) is 0 Å². The average molecular weight is 449 g/mol. The van der Waals surface area contributed by atoms with Gasteiger partial charge >= 0.3 is 12.1 Å². The van der Waals surface area contributed by atoms with Gasteiger partial charge in [-0.05, 0) is 43.9 Å². The van der Waals surface area contributed by atoms with Gasteiger partial charge in [0.05, 0.1) is 16.0 Å². The van der Waals surface area contributed by atoms with E-state index in [1.165, 1.54) is 12.1 Å². The lowest BCUT2D eigenvalue weighted by Crippen LogP contribution is -2.30. The Morgan fingerprint density at radius 3 is 2.41 bits per heavy atom. The zero-order chi connectivity index (χ0) is 21.2. The van der Waals surface area contributed by atoms with Crippen molar-refractivity contribution >= 4 is 46.6 Å². The number of alkyl halides is 3. The number of anilines is 3. The molecule has 1 heterocycles. The van der Waals surface area contributed by atoms with E-state index >= 15 is 0 Å². The zero-order valence-electron chi connectivity index (χ0n) is 14.9. The molecule has 3 N–H and O–H groups in total. The van der Waals surface area contributed by atoms with Gasteiger partial charge in [0.2, 0.25) is 5.95 Å². The molecule has 1 fully saturated rings. The van der Waals surface area contributed by atoms with E-state index in [9.17, 15) is 18.0 Å². The maximum atomic E-state index is 13.4. The molecule has 1 saturated carbocycles. The molecule has 29 heavy (non-hydrogen) atoms. The first kappa shape index (κ1) is 21.4. The normalized spacial score (nSPS) is 19.6. The van der Waals surface area contributed by atoms with Crippen LogP contribution < -0.4 is 10.6 Å². The summed E-state index contributed by atoms with van der Waals surface area (Å²) < 4.78 is 40.1. The van der Waals surface area contributed by atoms with Gasteiger partial charge in [-0.2, -0.15) is 18.2 Å². The highest BCUT2D eigenvalue weighted by molar-refractivity contribution is 6.42. The molecule has 1 aliphatic rings. The third-order valence-electron chi connectivity index (χ3n) is 4.69. The van der Waals surface area contributed by atoms with Gasteiger partial charge in [0.25, 0.3) is 0 Å². The summed E-state index contributed by atoms with van der Waals surface area (Å²) in [5.41, 5.74) is -0.523. The van der Waals surface area contributed by atoms with Crippen LogP contribution in [0.3, 0.4) is 0 Å². The van der Waals surface area contributed by atoms with Crippen LogP contribution in [-0.2, 0) is 11.0 Å². The standard InChI is InChI=1S/C18H17Cl2F3N4O2/c19-13-6-5-11(7-14(13)20)26-17-24-8-12(18(21,22)23)15(27-17)25-10-3-1-9(2-4-10)16(28)29/h5-10H,1-4H2,(H,28,29)(H2,24,25,26,27). The number of carbonyl (C=O) groups is 1. The molecule has 0 amide bonds. The highest BCUT2D eigenvalue weighted by Gasteiger charge is 2.36. The molecule has 1 aliphatic carbocycles. The number of aliphatic carboxylic acids is 1. The van der Waals surface area contributed by atoms with Crippen molar-refractivity contribution in [2.24, 2.45) is 5.92 Å². The Balaban J connectivity index is 1.81. The fourth-order valence-electron chi connectivity index (χ4n) is 3.14. The molecule has 0 spiro atoms. The van der Waals surface area contributed by atoms with E-state index in [0.29, 0.717) is 42.6 Å². The lowest BCUT2D eigenvalue weighted by Gasteiger charge is -2.28. The molecule has 0 aliphatic heterocycles. The number of nitrogens with zero attached hydrogens (tertiary/aromatic N) is 2. The minimum Gasteiger partial charge on any atom is -0.481 e. The van der Waals surface area contributed by atoms with Gasteiger partial charge in [0, 0.05) is 17.9 Å². The van der Waals surface area contributed by atoms with Crippen LogP contribution in [-0.4, -0.2) is 27.1 Å². The third kappa shape index (κ3) is 5.42. The van der Waals surface area contributed by atoms with Crippen LogP contribution in [0.5, 0.6) is 0 Å². The Labute approximate surface area is 174 Å². The van der Waals surface area contributed by atoms with Crippen molar-refractivity contribution < 1.29 is 23.1 Å². The molecule has 11 heteroatoms. The van der Waals surface area contributed by atoms with Gasteiger partial charge in [-0.25, -0.2) is 4.98 Å². The number of hydrogen-bond acceptors (Lipinski definition) is 5. The van der Waals surface area contributed by atoms with Gasteiger partial charge in [0.1, 0.15) is 11.4 Å². The summed E-state index contributed by atoms with van der Waals surface area (Å²) in [4.78, 5) is 18.8. The second-order valence-electron chi connectivity index (χ2n) is 6.74. The van der Waals surface area contributed by atoms with Crippen LogP contribution >= 0.6 is 23.2 Å². The van der Waals surface area contributed by atoms with E-state index in [2.05, 4.69) is 20.6 Å². The van der Waals surface area contributed by atoms with Crippen molar-refractivity contribution in [1.29, 1.82) is 0 Å². The quantitative estimate of drug-likeness (QED) is 0.551. The Bertz CT molecular complexity index is 903. The number of aromatic nitrogens is 2. The minimum atomic E-state index is -4.64. The predicted octanol–water partition coefficient (Wildman–Crippen LogP) is 5.60. The summed E-state index contributed by atoms with van der Waals surface area (Å²) in [6.07, 6.45) is -2.26. The van der Waals surface area contributed by atoms with Crippen molar-refractivity contribution in [1.82, 2.24) is 9.97 Å². The first-order chi connectivity index (χ1) is 13.6. The summed E-state index contributed by atoms with van der Waals surface area (Å²) in [6.45, 7) is 0. The maximum absolute atomic E-state index is 13.4. The maximum Gasteiger partial charge on any atom is 0.421 e. The van der Waals surface area contributed by atoms with Crippen molar-refractivity contribution in [3.63, 3.8) is 0 Å². The summed E-state index contributed by atoms with van der Waals surface area (Å²) in [5.74, 6) is -1.74. The first-order valence-corrected chi connectivity index (χ1v) is 9.54. The zero-order valence-corrected chi connectivity index (χ0v) is 16.4. The van der Waals surface area contributed by atoms with Gasteiger partial charge in [-0.15, -0.1) is 0 Å². The average Bonchev–Trinajstić information content (AvgIpc) is 2.64. The van der Waals surface area contributed by atoms with Crippen molar-refractivity contribution in [3.05, 3.63) is 40.0 Å². The number of carboxylic acids is 1. The SMILES string of the molecule is O=C(O)C1CCC(Nc2nc(Nc3ccc(Cl)c(Cl)c3)ncc2C(F)(F)F)CC1. The number of halogens is 5. The molecule has 0 atom stereocenters. The van der Waals surface area contributed by atoms with Crippen LogP contribution in [0.4, 0.5) is 30.6 Å². The summed E-state index contributed by atoms with van der Waals surface area (Å²) in [5, 5.41) is 15.3. The van der Waals surface area contributed by atoms with Crippen LogP contribution in [0, 0.1) is 5.92 Å². The molecule has 0 unspecified atom stereocenters. The largest absolute Gasteiger partial charge is 0.481 e. The Morgan fingerprint density at radius 2 is 1.83 bits per heavy atom. The highest BCUT2D eigenvalue weighted by Crippen LogP contribution is 2.36. The van der Waals surface area contributed by atoms with Gasteiger partial charge in [-0.1, -0.05) is 23.2 Å². The van der Waals surface area contributed by atoms with Gasteiger partial charge in [0.15, 0.2) is 0 Å². The summed E-state index contributed by atoms with van der Waals surface area (Å²) >= 11 is 11.8. The molecular formula is C18H17Cl2F3N4O2. The fourth-order valence-corrected chi connectivity index (χ4v) is 3.44. The molecule has 156 valence electrons. The van der Waals surface area contributed by atoms with Gasteiger partial charge in [-0.3, -0.25) is 4.79 Å². The minimum absolute atomic E-state index is 0.0434. The van der Waals surface area contributed by atoms with Crippen LogP contribution in [0.1, 0.15) is 31.2 Å². The monoisotopic (exact) mass is 448 g/mol. The van der Waals surface area contributed by atoms with Crippen molar-refractivity contribution in [3.8, 4) is 0 Å². The van der Waals surface area contributed by atoms with Crippen LogP contribution in [0.15, 0.2) is 24.4 Å². The fraction of sp³-hybridized carbons (Fsp3) is 0.389. The van der Waals surface area contributed by atoms with E-state index in [1.54, 1.807) is 6.07 Å². The Kier molecular flexibility index (Phi) is 6.38. The predicted molar refractivity (Wildman–Crippen MR) is 104 cm³/mol. The van der Waals surface area contributed by atoms with Crippen molar-refractivity contribution in [2.75, 3.05) is 10.6 Å². The molecular weight excluding hydrogens is 432 g/mol. The lowest BCUT2D eigenvalue weighted by atomic mass is 9.86. The second-order valence-corrected chi connectivity index (χ2v) is 7.55. The van der Waals surface area contributed by atoms with E-state index in [1.807, 2.05) is 0 Å². The molecule has 0 saturated heterocycles. The molecule has 2 aromatic rings. The summed E-state index contributed by atoms with van der Waals surface area (Å²) in [7, 11) is 0. The second kappa shape index (κ2) is 8.62. The Morgan fingerprint density at radius 1 is 1.14 bits per heavy atom. The molecule has 0 bridgehead atoms. The van der Waals surface area contributed by atoms with Gasteiger partial charge < -0.3 is 15.7 Å². The van der Waals surface area contributed by atoms with E-state index in [-0.39, 0.29) is 22.8 Å². The topological polar surface area (TPSA) is 87.1 Å².